The van der Waals surface area contributed by atoms with E-state index in [2.05, 4.69) is 18.3 Å². The predicted octanol–water partition coefficient (Wildman–Crippen LogP) is 3.08. The van der Waals surface area contributed by atoms with Crippen LogP contribution < -0.4 is 11.1 Å². The molecule has 1 atom stereocenters. The molecule has 1 aromatic rings. The van der Waals surface area contributed by atoms with Crippen molar-refractivity contribution in [3.8, 4) is 0 Å². The molecule has 0 aliphatic carbocycles. The van der Waals surface area contributed by atoms with Crippen molar-refractivity contribution in [3.05, 3.63) is 22.4 Å². The van der Waals surface area contributed by atoms with Gasteiger partial charge in [0.25, 0.3) is 0 Å². The molecular weight excluding hydrogens is 244 g/mol. The van der Waals surface area contributed by atoms with Crippen molar-refractivity contribution >= 4 is 17.2 Å². The quantitative estimate of drug-likeness (QED) is 0.862. The summed E-state index contributed by atoms with van der Waals surface area (Å²) in [6.07, 6.45) is 0.882. The lowest BCUT2D eigenvalue weighted by Gasteiger charge is -2.37. The van der Waals surface area contributed by atoms with Crippen LogP contribution in [-0.4, -0.2) is 11.4 Å². The number of carbonyl (C=O) groups excluding carboxylic acids is 1. The number of carbonyl (C=O) groups is 1. The molecule has 1 heterocycles. The molecule has 0 aromatic carbocycles. The molecule has 102 valence electrons. The third-order valence-electron chi connectivity index (χ3n) is 3.78. The molecule has 0 fully saturated rings. The molecule has 18 heavy (non-hydrogen) atoms. The van der Waals surface area contributed by atoms with Gasteiger partial charge >= 0.3 is 0 Å². The largest absolute Gasteiger partial charge is 0.348 e. The van der Waals surface area contributed by atoms with Gasteiger partial charge in [-0.25, -0.2) is 0 Å². The predicted molar refractivity (Wildman–Crippen MR) is 77.5 cm³/mol. The molecule has 0 spiro atoms. The van der Waals surface area contributed by atoms with E-state index in [1.54, 1.807) is 11.3 Å². The van der Waals surface area contributed by atoms with Gasteiger partial charge in [0.2, 0.25) is 5.91 Å². The number of amides is 1. The molecule has 3 N–H and O–H groups in total. The number of hydrogen-bond donors (Lipinski definition) is 2. The fourth-order valence-corrected chi connectivity index (χ4v) is 2.36. The average Bonchev–Trinajstić information content (AvgIpc) is 2.76. The fourth-order valence-electron chi connectivity index (χ4n) is 1.50. The summed E-state index contributed by atoms with van der Waals surface area (Å²) in [4.78, 5) is 13.6. The Kier molecular flexibility index (Phi) is 4.56. The normalized spacial score (nSPS) is 14.3. The Hall–Kier alpha value is -0.870. The summed E-state index contributed by atoms with van der Waals surface area (Å²) in [5.74, 6) is 0.00949. The number of thiophene rings is 1. The van der Waals surface area contributed by atoms with E-state index >= 15 is 0 Å². The molecule has 3 nitrogen and oxygen atoms in total. The first kappa shape index (κ1) is 15.2. The second-order valence-electron chi connectivity index (χ2n) is 5.80. The van der Waals surface area contributed by atoms with Gasteiger partial charge in [-0.05, 0) is 45.6 Å². The molecule has 1 aromatic heterocycles. The maximum atomic E-state index is 12.4. The van der Waals surface area contributed by atoms with E-state index in [1.165, 1.54) is 4.88 Å². The molecule has 0 radical (unpaired) electrons. The smallest absolute Gasteiger partial charge is 0.228 e. The zero-order valence-corrected chi connectivity index (χ0v) is 12.7. The van der Waals surface area contributed by atoms with Crippen LogP contribution >= 0.6 is 11.3 Å². The maximum absolute atomic E-state index is 12.4. The van der Waals surface area contributed by atoms with Crippen molar-refractivity contribution in [2.75, 3.05) is 0 Å². The Morgan fingerprint density at radius 2 is 2.06 bits per heavy atom. The summed E-state index contributed by atoms with van der Waals surface area (Å²) >= 11 is 1.67. The molecule has 1 unspecified atom stereocenters. The van der Waals surface area contributed by atoms with E-state index < -0.39 is 11.0 Å². The maximum Gasteiger partial charge on any atom is 0.228 e. The first-order valence-corrected chi connectivity index (χ1v) is 7.21. The molecular formula is C14H24N2OS. The lowest BCUT2D eigenvalue weighted by atomic mass is 9.74. The van der Waals surface area contributed by atoms with Gasteiger partial charge in [-0.2, -0.15) is 0 Å². The minimum atomic E-state index is -0.600. The van der Waals surface area contributed by atoms with Crippen LogP contribution in [0.1, 0.15) is 52.0 Å². The second-order valence-corrected chi connectivity index (χ2v) is 6.78. The Morgan fingerprint density at radius 1 is 1.44 bits per heavy atom. The van der Waals surface area contributed by atoms with Gasteiger partial charge in [-0.3, -0.25) is 4.79 Å². The van der Waals surface area contributed by atoms with E-state index in [1.807, 2.05) is 39.1 Å². The summed E-state index contributed by atoms with van der Waals surface area (Å²) in [6, 6.07) is 4.14. The van der Waals surface area contributed by atoms with Crippen LogP contribution in [0.25, 0.3) is 0 Å². The molecule has 1 rings (SSSR count). The average molecular weight is 268 g/mol. The number of rotatable bonds is 5. The molecule has 0 bridgehead atoms. The molecule has 0 aliphatic heterocycles. The van der Waals surface area contributed by atoms with Gasteiger partial charge in [0.1, 0.15) is 0 Å². The number of nitrogens with two attached hydrogens (primary N) is 1. The van der Waals surface area contributed by atoms with E-state index in [9.17, 15) is 4.79 Å². The van der Waals surface area contributed by atoms with Crippen molar-refractivity contribution < 1.29 is 4.79 Å². The monoisotopic (exact) mass is 268 g/mol. The Balaban J connectivity index is 2.81. The van der Waals surface area contributed by atoms with Crippen LogP contribution in [0, 0.1) is 5.41 Å². The van der Waals surface area contributed by atoms with Crippen LogP contribution in [0.2, 0.25) is 0 Å². The summed E-state index contributed by atoms with van der Waals surface area (Å²) in [7, 11) is 0. The standard InChI is InChI=1S/C14H24N2OS/c1-6-10(11-8-7-9-18-11)16-12(17)13(2,3)14(4,5)15/h7-10H,6,15H2,1-5H3,(H,16,17). The van der Waals surface area contributed by atoms with Gasteiger partial charge in [0.15, 0.2) is 0 Å². The van der Waals surface area contributed by atoms with E-state index in [4.69, 9.17) is 5.73 Å². The van der Waals surface area contributed by atoms with Gasteiger partial charge in [0, 0.05) is 10.4 Å². The van der Waals surface area contributed by atoms with Crippen molar-refractivity contribution in [2.24, 2.45) is 11.1 Å². The van der Waals surface area contributed by atoms with Crippen LogP contribution in [-0.2, 0) is 4.79 Å². The van der Waals surface area contributed by atoms with E-state index in [0.29, 0.717) is 0 Å². The van der Waals surface area contributed by atoms with Gasteiger partial charge < -0.3 is 11.1 Å². The summed E-state index contributed by atoms with van der Waals surface area (Å²) in [5, 5.41) is 5.14. The topological polar surface area (TPSA) is 55.1 Å². The van der Waals surface area contributed by atoms with Gasteiger partial charge in [0.05, 0.1) is 11.5 Å². The first-order chi connectivity index (χ1) is 8.20. The SMILES string of the molecule is CCC(NC(=O)C(C)(C)C(C)(C)N)c1cccs1. The number of hydrogen-bond acceptors (Lipinski definition) is 3. The highest BCUT2D eigenvalue weighted by Gasteiger charge is 2.41. The van der Waals surface area contributed by atoms with Crippen LogP contribution in [0.4, 0.5) is 0 Å². The Labute approximate surface area is 114 Å². The first-order valence-electron chi connectivity index (χ1n) is 6.33. The lowest BCUT2D eigenvalue weighted by molar-refractivity contribution is -0.133. The van der Waals surface area contributed by atoms with E-state index in [-0.39, 0.29) is 11.9 Å². The highest BCUT2D eigenvalue weighted by molar-refractivity contribution is 7.10. The van der Waals surface area contributed by atoms with Crippen molar-refractivity contribution in [2.45, 2.75) is 52.6 Å². The van der Waals surface area contributed by atoms with Gasteiger partial charge in [-0.15, -0.1) is 11.3 Å². The minimum absolute atomic E-state index is 0.00949. The van der Waals surface area contributed by atoms with Crippen LogP contribution in [0.3, 0.4) is 0 Å². The van der Waals surface area contributed by atoms with Crippen LogP contribution in [0.15, 0.2) is 17.5 Å². The number of nitrogens with one attached hydrogen (secondary N) is 1. The summed E-state index contributed by atoms with van der Waals surface area (Å²) < 4.78 is 0. The summed E-state index contributed by atoms with van der Waals surface area (Å²) in [5.41, 5.74) is 4.94. The van der Waals surface area contributed by atoms with Crippen molar-refractivity contribution in [1.29, 1.82) is 0 Å². The zero-order valence-electron chi connectivity index (χ0n) is 11.9. The Bertz CT molecular complexity index is 390. The highest BCUT2D eigenvalue weighted by atomic mass is 32.1. The molecule has 0 saturated carbocycles. The minimum Gasteiger partial charge on any atom is -0.348 e. The highest BCUT2D eigenvalue weighted by Crippen LogP contribution is 2.30. The molecule has 4 heteroatoms. The zero-order chi connectivity index (χ0) is 14.0. The third kappa shape index (κ3) is 3.12. The molecule has 0 aliphatic rings. The lowest BCUT2D eigenvalue weighted by Crippen LogP contribution is -2.55. The Morgan fingerprint density at radius 3 is 2.44 bits per heavy atom. The van der Waals surface area contributed by atoms with Crippen molar-refractivity contribution in [3.63, 3.8) is 0 Å². The van der Waals surface area contributed by atoms with E-state index in [0.717, 1.165) is 6.42 Å². The molecule has 1 amide bonds. The van der Waals surface area contributed by atoms with Crippen LogP contribution in [0.5, 0.6) is 0 Å². The second kappa shape index (κ2) is 5.41. The fraction of sp³-hybridized carbons (Fsp3) is 0.643. The molecule has 0 saturated heterocycles. The summed E-state index contributed by atoms with van der Waals surface area (Å²) in [6.45, 7) is 9.63. The third-order valence-corrected chi connectivity index (χ3v) is 4.76. The van der Waals surface area contributed by atoms with Crippen molar-refractivity contribution in [1.82, 2.24) is 5.32 Å². The van der Waals surface area contributed by atoms with Gasteiger partial charge in [-0.1, -0.05) is 13.0 Å².